The Morgan fingerprint density at radius 3 is 2.46 bits per heavy atom. The summed E-state index contributed by atoms with van der Waals surface area (Å²) in [5.74, 6) is 0. The number of aromatic nitrogens is 3. The van der Waals surface area contributed by atoms with Crippen molar-refractivity contribution in [1.29, 1.82) is 0 Å². The van der Waals surface area contributed by atoms with Crippen LogP contribution in [0.4, 0.5) is 10.3 Å². The Labute approximate surface area is 149 Å². The monoisotopic (exact) mass is 357 g/mol. The fourth-order valence-electron chi connectivity index (χ4n) is 3.47. The minimum Gasteiger partial charge on any atom is -0.374 e. The number of anilines is 2. The van der Waals surface area contributed by atoms with Crippen LogP contribution >= 0.6 is 22.7 Å². The number of thiazole rings is 1. The Bertz CT molecular complexity index is 818. The minimum atomic E-state index is -0.0151. The number of hydrogen-bond acceptors (Lipinski definition) is 7. The summed E-state index contributed by atoms with van der Waals surface area (Å²) >= 11 is 3.19. The van der Waals surface area contributed by atoms with Crippen LogP contribution in [0.25, 0.3) is 0 Å². The number of hydrogen-bond donors (Lipinski definition) is 1. The van der Waals surface area contributed by atoms with Gasteiger partial charge in [-0.05, 0) is 25.3 Å². The molecule has 2 aromatic heterocycles. The molecule has 3 aromatic rings. The zero-order valence-electron chi connectivity index (χ0n) is 13.5. The number of aryl methyl sites for hydroxylation is 1. The van der Waals surface area contributed by atoms with E-state index in [1.54, 1.807) is 11.3 Å². The molecule has 0 bridgehead atoms. The first-order valence-electron chi connectivity index (χ1n) is 7.99. The molecule has 7 heteroatoms. The molecule has 1 aliphatic rings. The summed E-state index contributed by atoms with van der Waals surface area (Å²) in [6, 6.07) is 10.8. The lowest BCUT2D eigenvalue weighted by atomic mass is 9.71. The highest BCUT2D eigenvalue weighted by molar-refractivity contribution is 7.18. The van der Waals surface area contributed by atoms with Crippen molar-refractivity contribution in [3.8, 4) is 0 Å². The van der Waals surface area contributed by atoms with Gasteiger partial charge in [-0.1, -0.05) is 41.7 Å². The summed E-state index contributed by atoms with van der Waals surface area (Å²) in [5, 5.41) is 12.9. The number of nitrogen functional groups attached to an aromatic ring is 1. The Morgan fingerprint density at radius 2 is 1.88 bits per heavy atom. The van der Waals surface area contributed by atoms with Crippen LogP contribution in [-0.4, -0.2) is 28.3 Å². The summed E-state index contributed by atoms with van der Waals surface area (Å²) in [5.41, 5.74) is 8.27. The molecule has 124 valence electrons. The fraction of sp³-hybridized carbons (Fsp3) is 0.353. The third kappa shape index (κ3) is 2.67. The Hall–Kier alpha value is -1.99. The van der Waals surface area contributed by atoms with Crippen molar-refractivity contribution < 1.29 is 0 Å². The van der Waals surface area contributed by atoms with Gasteiger partial charge in [-0.15, -0.1) is 21.5 Å². The summed E-state index contributed by atoms with van der Waals surface area (Å²) < 4.78 is 0. The zero-order valence-corrected chi connectivity index (χ0v) is 15.1. The van der Waals surface area contributed by atoms with Gasteiger partial charge in [0, 0.05) is 23.9 Å². The first-order chi connectivity index (χ1) is 11.7. The van der Waals surface area contributed by atoms with Crippen molar-refractivity contribution >= 4 is 32.9 Å². The second-order valence-corrected chi connectivity index (χ2v) is 8.16. The molecule has 0 saturated carbocycles. The van der Waals surface area contributed by atoms with Gasteiger partial charge in [0.1, 0.15) is 0 Å². The third-order valence-electron chi connectivity index (χ3n) is 4.75. The maximum atomic E-state index is 5.73. The lowest BCUT2D eigenvalue weighted by Crippen LogP contribution is -2.43. The van der Waals surface area contributed by atoms with Crippen LogP contribution in [0.2, 0.25) is 0 Å². The maximum Gasteiger partial charge on any atom is 0.209 e. The number of nitrogens with zero attached hydrogens (tertiary/aromatic N) is 4. The van der Waals surface area contributed by atoms with E-state index in [-0.39, 0.29) is 5.41 Å². The number of benzene rings is 1. The van der Waals surface area contributed by atoms with E-state index in [0.29, 0.717) is 5.13 Å². The lowest BCUT2D eigenvalue weighted by Gasteiger charge is -2.41. The highest BCUT2D eigenvalue weighted by Crippen LogP contribution is 2.43. The van der Waals surface area contributed by atoms with Crippen molar-refractivity contribution in [2.24, 2.45) is 0 Å². The van der Waals surface area contributed by atoms with Crippen molar-refractivity contribution in [2.45, 2.75) is 25.2 Å². The molecule has 2 N–H and O–H groups in total. The van der Waals surface area contributed by atoms with Crippen LogP contribution in [-0.2, 0) is 5.41 Å². The molecule has 0 spiro atoms. The highest BCUT2D eigenvalue weighted by Gasteiger charge is 2.40. The molecule has 1 aliphatic heterocycles. The molecule has 24 heavy (non-hydrogen) atoms. The normalized spacial score (nSPS) is 17.1. The van der Waals surface area contributed by atoms with Crippen LogP contribution in [0.15, 0.2) is 35.7 Å². The average Bonchev–Trinajstić information content (AvgIpc) is 3.25. The van der Waals surface area contributed by atoms with Crippen molar-refractivity contribution in [1.82, 2.24) is 15.2 Å². The predicted octanol–water partition coefficient (Wildman–Crippen LogP) is 3.47. The predicted molar refractivity (Wildman–Crippen MR) is 99.8 cm³/mol. The van der Waals surface area contributed by atoms with Crippen LogP contribution in [0.5, 0.6) is 0 Å². The minimum absolute atomic E-state index is 0.0151. The van der Waals surface area contributed by atoms with Gasteiger partial charge < -0.3 is 10.6 Å². The SMILES string of the molecule is Cc1nc(C2(c3ccccc3)CCN(c3nnc(N)s3)CC2)cs1. The van der Waals surface area contributed by atoms with E-state index < -0.39 is 0 Å². The average molecular weight is 358 g/mol. The van der Waals surface area contributed by atoms with Crippen LogP contribution in [0.3, 0.4) is 0 Å². The molecular weight excluding hydrogens is 338 g/mol. The van der Waals surface area contributed by atoms with Gasteiger partial charge in [-0.25, -0.2) is 4.98 Å². The van der Waals surface area contributed by atoms with E-state index in [9.17, 15) is 0 Å². The van der Waals surface area contributed by atoms with Crippen LogP contribution in [0, 0.1) is 6.92 Å². The van der Waals surface area contributed by atoms with Crippen LogP contribution < -0.4 is 10.6 Å². The van der Waals surface area contributed by atoms with Crippen molar-refractivity contribution in [3.63, 3.8) is 0 Å². The molecule has 5 nitrogen and oxygen atoms in total. The molecule has 1 fully saturated rings. The van der Waals surface area contributed by atoms with Gasteiger partial charge in [-0.3, -0.25) is 0 Å². The van der Waals surface area contributed by atoms with E-state index in [2.05, 4.69) is 57.7 Å². The van der Waals surface area contributed by atoms with Gasteiger partial charge in [-0.2, -0.15) is 0 Å². The van der Waals surface area contributed by atoms with E-state index >= 15 is 0 Å². The summed E-state index contributed by atoms with van der Waals surface area (Å²) in [6.45, 7) is 3.94. The molecule has 0 atom stereocenters. The van der Waals surface area contributed by atoms with E-state index in [4.69, 9.17) is 10.7 Å². The van der Waals surface area contributed by atoms with Gasteiger partial charge in [0.05, 0.1) is 10.7 Å². The second kappa shape index (κ2) is 6.14. The van der Waals surface area contributed by atoms with E-state index in [1.807, 2.05) is 0 Å². The Balaban J connectivity index is 1.66. The molecule has 0 unspecified atom stereocenters. The molecule has 1 aromatic carbocycles. The van der Waals surface area contributed by atoms with Crippen LogP contribution in [0.1, 0.15) is 29.1 Å². The second-order valence-electron chi connectivity index (χ2n) is 6.11. The Kier molecular flexibility index (Phi) is 3.97. The van der Waals surface area contributed by atoms with Crippen molar-refractivity contribution in [3.05, 3.63) is 52.0 Å². The molecule has 1 saturated heterocycles. The largest absolute Gasteiger partial charge is 0.374 e. The van der Waals surface area contributed by atoms with Gasteiger partial charge in [0.2, 0.25) is 10.3 Å². The highest BCUT2D eigenvalue weighted by atomic mass is 32.1. The van der Waals surface area contributed by atoms with Gasteiger partial charge >= 0.3 is 0 Å². The first kappa shape index (κ1) is 15.5. The summed E-state index contributed by atoms with van der Waals surface area (Å²) in [4.78, 5) is 7.13. The smallest absolute Gasteiger partial charge is 0.209 e. The zero-order chi connectivity index (χ0) is 16.6. The topological polar surface area (TPSA) is 67.9 Å². The number of rotatable bonds is 3. The summed E-state index contributed by atoms with van der Waals surface area (Å²) in [6.07, 6.45) is 2.03. The van der Waals surface area contributed by atoms with Gasteiger partial charge in [0.25, 0.3) is 0 Å². The lowest BCUT2D eigenvalue weighted by molar-refractivity contribution is 0.384. The first-order valence-corrected chi connectivity index (χ1v) is 9.69. The summed E-state index contributed by atoms with van der Waals surface area (Å²) in [7, 11) is 0. The van der Waals surface area contributed by atoms with Gasteiger partial charge in [0.15, 0.2) is 0 Å². The number of nitrogens with two attached hydrogens (primary N) is 1. The van der Waals surface area contributed by atoms with E-state index in [0.717, 1.165) is 36.1 Å². The number of piperidine rings is 1. The standard InChI is InChI=1S/C17H19N5S2/c1-12-19-14(11-23-12)17(13-5-3-2-4-6-13)7-9-22(10-8-17)16-21-20-15(18)24-16/h2-6,11H,7-10H2,1H3,(H2,18,20). The molecule has 3 heterocycles. The quantitative estimate of drug-likeness (QED) is 0.777. The third-order valence-corrected chi connectivity index (χ3v) is 6.34. The van der Waals surface area contributed by atoms with E-state index in [1.165, 1.54) is 22.6 Å². The maximum absolute atomic E-state index is 5.73. The Morgan fingerprint density at radius 1 is 1.12 bits per heavy atom. The molecule has 0 amide bonds. The molecule has 0 radical (unpaired) electrons. The van der Waals surface area contributed by atoms with Crippen molar-refractivity contribution in [2.75, 3.05) is 23.7 Å². The molecule has 0 aliphatic carbocycles. The molecular formula is C17H19N5S2. The fourth-order valence-corrected chi connectivity index (χ4v) is 4.84. The molecule has 4 rings (SSSR count).